The molecule has 2 aliphatic heterocycles. The number of carbonyl (C=O) groups is 1. The smallest absolute Gasteiger partial charge is 0.233 e. The van der Waals surface area contributed by atoms with Crippen LogP contribution in [-0.4, -0.2) is 49.8 Å². The van der Waals surface area contributed by atoms with Crippen molar-refractivity contribution in [1.29, 1.82) is 5.41 Å². The van der Waals surface area contributed by atoms with Gasteiger partial charge in [-0.25, -0.2) is 12.8 Å². The number of amides is 1. The highest BCUT2D eigenvalue weighted by Gasteiger charge is 2.52. The number of hydrogen-bond acceptors (Lipinski definition) is 5. The molecule has 2 fully saturated rings. The molecule has 3 aromatic carbocycles. The van der Waals surface area contributed by atoms with E-state index in [1.165, 1.54) is 29.8 Å². The van der Waals surface area contributed by atoms with Gasteiger partial charge in [0.05, 0.1) is 22.5 Å². The number of carbonyl (C=O) groups excluding carboxylic acids is 1. The zero-order valence-corrected chi connectivity index (χ0v) is 20.9. The Morgan fingerprint density at radius 2 is 1.64 bits per heavy atom. The van der Waals surface area contributed by atoms with E-state index in [-0.39, 0.29) is 17.2 Å². The number of nitrogens with one attached hydrogen (secondary N) is 1. The molecule has 0 radical (unpaired) electrons. The molecule has 2 aliphatic rings. The maximum atomic E-state index is 14.5. The highest BCUT2D eigenvalue weighted by Crippen LogP contribution is 2.44. The lowest BCUT2D eigenvalue weighted by atomic mass is 9.82. The summed E-state index contributed by atoms with van der Waals surface area (Å²) in [5.74, 6) is -0.680. The van der Waals surface area contributed by atoms with E-state index in [0.717, 1.165) is 25.9 Å². The quantitative estimate of drug-likeness (QED) is 0.546. The van der Waals surface area contributed by atoms with Crippen molar-refractivity contribution < 1.29 is 17.6 Å². The molecule has 0 bridgehead atoms. The Morgan fingerprint density at radius 1 is 0.972 bits per heavy atom. The van der Waals surface area contributed by atoms with E-state index in [4.69, 9.17) is 5.41 Å². The number of hydrogen-bond donors (Lipinski definition) is 1. The lowest BCUT2D eigenvalue weighted by Gasteiger charge is -2.45. The van der Waals surface area contributed by atoms with Crippen LogP contribution < -0.4 is 4.90 Å². The van der Waals surface area contributed by atoms with Gasteiger partial charge in [0.25, 0.3) is 0 Å². The molecule has 8 heteroatoms. The van der Waals surface area contributed by atoms with Gasteiger partial charge in [0, 0.05) is 37.2 Å². The molecule has 1 N–H and O–H groups in total. The first-order valence-electron chi connectivity index (χ1n) is 11.9. The number of anilines is 1. The Bertz CT molecular complexity index is 1410. The minimum absolute atomic E-state index is 0.0155. The van der Waals surface area contributed by atoms with E-state index in [0.29, 0.717) is 35.4 Å². The third-order valence-electron chi connectivity index (χ3n) is 7.29. The number of nitrogens with zero attached hydrogens (tertiary/aromatic N) is 2. The molecule has 186 valence electrons. The van der Waals surface area contributed by atoms with Crippen LogP contribution in [0.1, 0.15) is 24.8 Å². The van der Waals surface area contributed by atoms with Gasteiger partial charge in [0.15, 0.2) is 9.84 Å². The molecule has 0 saturated carbocycles. The highest BCUT2D eigenvalue weighted by atomic mass is 32.2. The molecule has 0 unspecified atom stereocenters. The normalized spacial score (nSPS) is 18.2. The van der Waals surface area contributed by atoms with E-state index < -0.39 is 21.2 Å². The fourth-order valence-electron chi connectivity index (χ4n) is 5.40. The first kappa shape index (κ1) is 24.3. The van der Waals surface area contributed by atoms with Crippen LogP contribution in [0.3, 0.4) is 0 Å². The van der Waals surface area contributed by atoms with Crippen LogP contribution >= 0.6 is 0 Å². The average molecular weight is 506 g/mol. The third kappa shape index (κ3) is 4.47. The molecule has 2 heterocycles. The fraction of sp³-hybridized carbons (Fsp3) is 0.286. The van der Waals surface area contributed by atoms with Crippen molar-refractivity contribution in [2.45, 2.75) is 36.2 Å². The summed E-state index contributed by atoms with van der Waals surface area (Å²) in [6, 6.07) is 20.9. The van der Waals surface area contributed by atoms with Crippen LogP contribution in [0.2, 0.25) is 0 Å². The number of benzene rings is 3. The van der Waals surface area contributed by atoms with E-state index in [2.05, 4.69) is 17.0 Å². The van der Waals surface area contributed by atoms with Crippen molar-refractivity contribution in [2.75, 3.05) is 24.2 Å². The van der Waals surface area contributed by atoms with E-state index in [9.17, 15) is 17.6 Å². The lowest BCUT2D eigenvalue weighted by Crippen LogP contribution is -2.56. The largest absolute Gasteiger partial charge is 0.307 e. The number of likely N-dealkylation sites (tertiary alicyclic amines) is 1. The van der Waals surface area contributed by atoms with Crippen molar-refractivity contribution in [2.24, 2.45) is 0 Å². The van der Waals surface area contributed by atoms with Gasteiger partial charge in [-0.1, -0.05) is 42.5 Å². The number of rotatable bonds is 5. The van der Waals surface area contributed by atoms with Crippen LogP contribution in [0, 0.1) is 11.2 Å². The molecule has 36 heavy (non-hydrogen) atoms. The average Bonchev–Trinajstić information content (AvgIpc) is 3.09. The topological polar surface area (TPSA) is 81.5 Å². The van der Waals surface area contributed by atoms with Gasteiger partial charge >= 0.3 is 0 Å². The summed E-state index contributed by atoms with van der Waals surface area (Å²) in [5.41, 5.74) is 2.53. The van der Waals surface area contributed by atoms with E-state index in [1.807, 2.05) is 18.2 Å². The van der Waals surface area contributed by atoms with Gasteiger partial charge in [0.1, 0.15) is 5.82 Å². The molecule has 0 aromatic heterocycles. The molecule has 6 nitrogen and oxygen atoms in total. The molecule has 2 saturated heterocycles. The molecule has 0 atom stereocenters. The van der Waals surface area contributed by atoms with Crippen LogP contribution in [0.4, 0.5) is 10.1 Å². The Morgan fingerprint density at radius 3 is 2.28 bits per heavy atom. The monoisotopic (exact) mass is 505 g/mol. The maximum Gasteiger partial charge on any atom is 0.233 e. The second-order valence-electron chi connectivity index (χ2n) is 9.64. The number of halogens is 1. The van der Waals surface area contributed by atoms with Crippen molar-refractivity contribution in [3.05, 3.63) is 84.2 Å². The van der Waals surface area contributed by atoms with Crippen molar-refractivity contribution in [3.63, 3.8) is 0 Å². The second kappa shape index (κ2) is 9.26. The van der Waals surface area contributed by atoms with Gasteiger partial charge in [-0.2, -0.15) is 0 Å². The molecule has 1 amide bonds. The molecular formula is C28H28FN3O3S. The minimum Gasteiger partial charge on any atom is -0.307 e. The Hall–Kier alpha value is -3.36. The lowest BCUT2D eigenvalue weighted by molar-refractivity contribution is -0.117. The third-order valence-corrected chi connectivity index (χ3v) is 8.42. The first-order chi connectivity index (χ1) is 17.2. The molecule has 1 spiro atoms. The molecule has 5 rings (SSSR count). The summed E-state index contributed by atoms with van der Waals surface area (Å²) in [6.45, 7) is 2.24. The summed E-state index contributed by atoms with van der Waals surface area (Å²) in [6.07, 6.45) is 2.34. The van der Waals surface area contributed by atoms with Crippen molar-refractivity contribution in [3.8, 4) is 11.1 Å². The zero-order valence-electron chi connectivity index (χ0n) is 20.1. The summed E-state index contributed by atoms with van der Waals surface area (Å²) in [4.78, 5) is 17.4. The molecule has 3 aromatic rings. The second-order valence-corrected chi connectivity index (χ2v) is 11.7. The standard InChI is InChI=1S/C28H28FN3O3S/c1-36(34,35)23-10-7-21(8-11-23)24-12-9-22(29)17-25(24)32-27(33)18-26(30)28(32)13-15-31(16-14-28)19-20-5-3-2-4-6-20/h2-12,17,30H,13-16,18-19H2,1H3. The SMILES string of the molecule is CS(=O)(=O)c1ccc(-c2ccc(F)cc2N2C(=O)CC(=N)C23CCN(Cc2ccccc2)CC3)cc1. The highest BCUT2D eigenvalue weighted by molar-refractivity contribution is 7.90. The Labute approximate surface area is 210 Å². The van der Waals surface area contributed by atoms with Gasteiger partial charge in [-0.05, 0) is 54.3 Å². The number of sulfone groups is 1. The molecule has 0 aliphatic carbocycles. The van der Waals surface area contributed by atoms with Crippen LogP contribution in [0.15, 0.2) is 77.7 Å². The fourth-order valence-corrected chi connectivity index (χ4v) is 6.03. The zero-order chi connectivity index (χ0) is 25.5. The van der Waals surface area contributed by atoms with Crippen LogP contribution in [0.5, 0.6) is 0 Å². The Kier molecular flexibility index (Phi) is 6.26. The summed E-state index contributed by atoms with van der Waals surface area (Å²) in [7, 11) is -3.36. The molecular weight excluding hydrogens is 477 g/mol. The predicted octanol–water partition coefficient (Wildman–Crippen LogP) is 4.69. The van der Waals surface area contributed by atoms with Gasteiger partial charge in [-0.3, -0.25) is 14.6 Å². The first-order valence-corrected chi connectivity index (χ1v) is 13.8. The summed E-state index contributed by atoms with van der Waals surface area (Å²) >= 11 is 0. The predicted molar refractivity (Wildman–Crippen MR) is 138 cm³/mol. The van der Waals surface area contributed by atoms with Gasteiger partial charge < -0.3 is 5.41 Å². The maximum absolute atomic E-state index is 14.5. The Balaban J connectivity index is 1.49. The number of piperidine rings is 1. The van der Waals surface area contributed by atoms with Crippen LogP contribution in [0.25, 0.3) is 11.1 Å². The van der Waals surface area contributed by atoms with Gasteiger partial charge in [0.2, 0.25) is 5.91 Å². The van der Waals surface area contributed by atoms with Crippen molar-refractivity contribution in [1.82, 2.24) is 4.90 Å². The minimum atomic E-state index is -3.36. The van der Waals surface area contributed by atoms with Gasteiger partial charge in [-0.15, -0.1) is 0 Å². The summed E-state index contributed by atoms with van der Waals surface area (Å²) < 4.78 is 38.3. The van der Waals surface area contributed by atoms with Crippen molar-refractivity contribution >= 4 is 27.1 Å². The van der Waals surface area contributed by atoms with E-state index >= 15 is 0 Å². The van der Waals surface area contributed by atoms with Crippen LogP contribution in [-0.2, 0) is 21.2 Å². The van der Waals surface area contributed by atoms with E-state index in [1.54, 1.807) is 23.1 Å². The summed E-state index contributed by atoms with van der Waals surface area (Å²) in [5, 5.41) is 8.77.